The first-order valence-electron chi connectivity index (χ1n) is 8.14. The van der Waals surface area contributed by atoms with E-state index in [-0.39, 0.29) is 6.04 Å². The molecule has 0 spiro atoms. The summed E-state index contributed by atoms with van der Waals surface area (Å²) >= 11 is 9.97. The molecule has 4 heteroatoms. The van der Waals surface area contributed by atoms with Gasteiger partial charge in [0.15, 0.2) is 0 Å². The van der Waals surface area contributed by atoms with Gasteiger partial charge in [-0.15, -0.1) is 0 Å². The summed E-state index contributed by atoms with van der Waals surface area (Å²) in [6.45, 7) is 0. The molecule has 1 heterocycles. The molecule has 0 aromatic heterocycles. The van der Waals surface area contributed by atoms with Crippen LogP contribution in [0.2, 0.25) is 5.02 Å². The highest BCUT2D eigenvalue weighted by atomic mass is 79.9. The van der Waals surface area contributed by atoms with Crippen LogP contribution in [0.5, 0.6) is 0 Å². The third kappa shape index (κ3) is 3.35. The smallest absolute Gasteiger partial charge is 0.0832 e. The Morgan fingerprint density at radius 2 is 1.56 bits per heavy atom. The second kappa shape index (κ2) is 7.03. The molecule has 0 unspecified atom stereocenters. The average Bonchev–Trinajstić information content (AvgIpc) is 3.09. The Morgan fingerprint density at radius 3 is 2.28 bits per heavy atom. The Balaban J connectivity index is 1.78. The molecule has 0 radical (unpaired) electrons. The van der Waals surface area contributed by atoms with Gasteiger partial charge in [0.2, 0.25) is 0 Å². The van der Waals surface area contributed by atoms with Gasteiger partial charge in [-0.3, -0.25) is 5.01 Å². The molecule has 0 N–H and O–H groups in total. The van der Waals surface area contributed by atoms with Crippen molar-refractivity contribution in [1.29, 1.82) is 0 Å². The number of rotatable bonds is 3. The van der Waals surface area contributed by atoms with Crippen molar-refractivity contribution in [3.63, 3.8) is 0 Å². The largest absolute Gasteiger partial charge is 0.256 e. The van der Waals surface area contributed by atoms with Gasteiger partial charge in [0.1, 0.15) is 0 Å². The summed E-state index contributed by atoms with van der Waals surface area (Å²) in [5.74, 6) is 0. The van der Waals surface area contributed by atoms with E-state index in [2.05, 4.69) is 52.3 Å². The number of para-hydroxylation sites is 1. The Morgan fingerprint density at radius 1 is 0.880 bits per heavy atom. The van der Waals surface area contributed by atoms with E-state index in [0.29, 0.717) is 5.02 Å². The van der Waals surface area contributed by atoms with Crippen molar-refractivity contribution in [2.24, 2.45) is 5.10 Å². The fourth-order valence-electron chi connectivity index (χ4n) is 3.12. The van der Waals surface area contributed by atoms with E-state index in [9.17, 15) is 0 Å². The molecule has 25 heavy (non-hydrogen) atoms. The zero-order valence-corrected chi connectivity index (χ0v) is 15.8. The molecule has 0 saturated heterocycles. The summed E-state index contributed by atoms with van der Waals surface area (Å²) in [7, 11) is 0. The number of halogens is 2. The van der Waals surface area contributed by atoms with E-state index in [4.69, 9.17) is 16.7 Å². The zero-order chi connectivity index (χ0) is 17.2. The minimum atomic E-state index is 0.128. The first kappa shape index (κ1) is 16.4. The van der Waals surface area contributed by atoms with Crippen LogP contribution in [0.3, 0.4) is 0 Å². The van der Waals surface area contributed by atoms with Gasteiger partial charge in [0.25, 0.3) is 0 Å². The number of hydrazone groups is 1. The second-order valence-electron chi connectivity index (χ2n) is 5.98. The van der Waals surface area contributed by atoms with Gasteiger partial charge < -0.3 is 0 Å². The second-order valence-corrected chi connectivity index (χ2v) is 7.30. The van der Waals surface area contributed by atoms with Crippen LogP contribution >= 0.6 is 27.5 Å². The molecule has 0 aliphatic carbocycles. The van der Waals surface area contributed by atoms with Gasteiger partial charge in [0.05, 0.1) is 22.5 Å². The van der Waals surface area contributed by atoms with E-state index in [1.54, 1.807) is 0 Å². The number of hydrogen-bond acceptors (Lipinski definition) is 2. The Hall–Kier alpha value is -2.10. The lowest BCUT2D eigenvalue weighted by Gasteiger charge is -2.24. The predicted molar refractivity (Wildman–Crippen MR) is 108 cm³/mol. The molecule has 0 amide bonds. The molecule has 124 valence electrons. The van der Waals surface area contributed by atoms with Crippen LogP contribution in [0.1, 0.15) is 23.6 Å². The molecule has 4 rings (SSSR count). The van der Waals surface area contributed by atoms with Crippen LogP contribution in [-0.2, 0) is 0 Å². The Labute approximate surface area is 160 Å². The van der Waals surface area contributed by atoms with E-state index in [1.807, 2.05) is 47.5 Å². The lowest BCUT2D eigenvalue weighted by molar-refractivity contribution is 0.709. The zero-order valence-electron chi connectivity index (χ0n) is 13.4. The van der Waals surface area contributed by atoms with Gasteiger partial charge in [-0.25, -0.2) is 0 Å². The lowest BCUT2D eigenvalue weighted by Crippen LogP contribution is -2.18. The number of benzene rings is 3. The SMILES string of the molecule is Clc1ccccc1N1N=C(c2ccccc2)C[C@H]1c1ccc(Br)cc1. The standard InChI is InChI=1S/C21H16BrClN2/c22-17-12-10-16(11-13-17)21-14-19(15-6-2-1-3-7-15)24-25(21)20-9-5-4-8-18(20)23/h1-13,21H,14H2/t21-/m0/s1. The van der Waals surface area contributed by atoms with Crippen LogP contribution in [0.4, 0.5) is 5.69 Å². The summed E-state index contributed by atoms with van der Waals surface area (Å²) < 4.78 is 1.07. The summed E-state index contributed by atoms with van der Waals surface area (Å²) in [6.07, 6.45) is 0.844. The summed E-state index contributed by atoms with van der Waals surface area (Å²) in [4.78, 5) is 0. The molecule has 1 atom stereocenters. The highest BCUT2D eigenvalue weighted by Gasteiger charge is 2.30. The molecular formula is C21H16BrClN2. The molecule has 1 aliphatic rings. The highest BCUT2D eigenvalue weighted by Crippen LogP contribution is 2.39. The molecular weight excluding hydrogens is 396 g/mol. The van der Waals surface area contributed by atoms with Gasteiger partial charge in [-0.05, 0) is 35.4 Å². The third-order valence-corrected chi connectivity index (χ3v) is 5.22. The van der Waals surface area contributed by atoms with Crippen molar-refractivity contribution >= 4 is 38.9 Å². The van der Waals surface area contributed by atoms with Gasteiger partial charge >= 0.3 is 0 Å². The van der Waals surface area contributed by atoms with Gasteiger partial charge in [0, 0.05) is 10.9 Å². The van der Waals surface area contributed by atoms with E-state index >= 15 is 0 Å². The highest BCUT2D eigenvalue weighted by molar-refractivity contribution is 9.10. The summed E-state index contributed by atoms with van der Waals surface area (Å²) in [5, 5.41) is 7.68. The maximum Gasteiger partial charge on any atom is 0.0832 e. The first-order valence-corrected chi connectivity index (χ1v) is 9.31. The minimum absolute atomic E-state index is 0.128. The molecule has 0 bridgehead atoms. The fourth-order valence-corrected chi connectivity index (χ4v) is 3.61. The molecule has 3 aromatic rings. The van der Waals surface area contributed by atoms with Gasteiger partial charge in [-0.1, -0.05) is 82.1 Å². The Bertz CT molecular complexity index is 907. The summed E-state index contributed by atoms with van der Waals surface area (Å²) in [6, 6.07) is 26.7. The maximum absolute atomic E-state index is 6.46. The molecule has 2 nitrogen and oxygen atoms in total. The monoisotopic (exact) mass is 410 g/mol. The molecule has 3 aromatic carbocycles. The fraction of sp³-hybridized carbons (Fsp3) is 0.0952. The quantitative estimate of drug-likeness (QED) is 0.483. The van der Waals surface area contributed by atoms with Crippen molar-refractivity contribution in [2.45, 2.75) is 12.5 Å². The number of nitrogens with zero attached hydrogens (tertiary/aromatic N) is 2. The lowest BCUT2D eigenvalue weighted by atomic mass is 9.98. The summed E-state index contributed by atoms with van der Waals surface area (Å²) in [5.41, 5.74) is 4.38. The third-order valence-electron chi connectivity index (χ3n) is 4.37. The van der Waals surface area contributed by atoms with Crippen molar-refractivity contribution in [3.05, 3.63) is 99.5 Å². The molecule has 0 fully saturated rings. The normalized spacial score (nSPS) is 16.8. The van der Waals surface area contributed by atoms with Crippen molar-refractivity contribution in [3.8, 4) is 0 Å². The number of anilines is 1. The molecule has 1 aliphatic heterocycles. The topological polar surface area (TPSA) is 15.6 Å². The first-order chi connectivity index (χ1) is 12.2. The maximum atomic E-state index is 6.46. The van der Waals surface area contributed by atoms with Crippen molar-refractivity contribution < 1.29 is 0 Å². The van der Waals surface area contributed by atoms with Crippen molar-refractivity contribution in [1.82, 2.24) is 0 Å². The van der Waals surface area contributed by atoms with Crippen LogP contribution in [0.25, 0.3) is 0 Å². The number of hydrogen-bond donors (Lipinski definition) is 0. The van der Waals surface area contributed by atoms with Crippen LogP contribution < -0.4 is 5.01 Å². The average molecular weight is 412 g/mol. The predicted octanol–water partition coefficient (Wildman–Crippen LogP) is 6.46. The molecule has 0 saturated carbocycles. The van der Waals surface area contributed by atoms with Gasteiger partial charge in [-0.2, -0.15) is 5.10 Å². The Kier molecular flexibility index (Phi) is 4.60. The van der Waals surface area contributed by atoms with Crippen LogP contribution in [0.15, 0.2) is 88.4 Å². The van der Waals surface area contributed by atoms with E-state index < -0.39 is 0 Å². The van der Waals surface area contributed by atoms with E-state index in [1.165, 1.54) is 5.56 Å². The van der Waals surface area contributed by atoms with Crippen LogP contribution in [0, 0.1) is 0 Å². The van der Waals surface area contributed by atoms with Crippen molar-refractivity contribution in [2.75, 3.05) is 5.01 Å². The van der Waals surface area contributed by atoms with E-state index in [0.717, 1.165) is 27.9 Å². The minimum Gasteiger partial charge on any atom is -0.256 e. The van der Waals surface area contributed by atoms with Crippen LogP contribution in [-0.4, -0.2) is 5.71 Å².